The minimum Gasteiger partial charge on any atom is -0.361 e. The Labute approximate surface area is 145 Å². The maximum Gasteiger partial charge on any atom is 0.254 e. The van der Waals surface area contributed by atoms with Crippen LogP contribution in [-0.4, -0.2) is 51.9 Å². The lowest BCUT2D eigenvalue weighted by Gasteiger charge is -2.22. The molecule has 6 nitrogen and oxygen atoms in total. The minimum absolute atomic E-state index is 0.141. The Kier molecular flexibility index (Phi) is 3.23. The Morgan fingerprint density at radius 3 is 2.52 bits per heavy atom. The number of rotatable bonds is 2. The molecule has 0 saturated carbocycles. The number of fused-ring (bicyclic) bond motifs is 2. The second-order valence-corrected chi connectivity index (χ2v) is 6.93. The van der Waals surface area contributed by atoms with Crippen LogP contribution < -0.4 is 4.90 Å². The van der Waals surface area contributed by atoms with Crippen molar-refractivity contribution in [1.29, 1.82) is 0 Å². The number of benzene rings is 1. The molecule has 3 aromatic rings. The average Bonchev–Trinajstić information content (AvgIpc) is 3.35. The first-order chi connectivity index (χ1) is 12.3. The predicted octanol–water partition coefficient (Wildman–Crippen LogP) is 2.17. The van der Waals surface area contributed by atoms with Crippen molar-refractivity contribution in [2.45, 2.75) is 0 Å². The summed E-state index contributed by atoms with van der Waals surface area (Å²) in [6, 6.07) is 9.69. The van der Waals surface area contributed by atoms with Crippen molar-refractivity contribution >= 4 is 22.8 Å². The van der Waals surface area contributed by atoms with Gasteiger partial charge in [0.2, 0.25) is 5.95 Å². The van der Waals surface area contributed by atoms with E-state index in [4.69, 9.17) is 0 Å². The molecule has 4 heterocycles. The third-order valence-corrected chi connectivity index (χ3v) is 5.43. The number of aromatic nitrogens is 3. The number of likely N-dealkylation sites (tertiary alicyclic amines) is 1. The predicted molar refractivity (Wildman–Crippen MR) is 95.4 cm³/mol. The van der Waals surface area contributed by atoms with Crippen molar-refractivity contribution in [2.24, 2.45) is 11.8 Å². The number of carbonyl (C=O) groups excluding carboxylic acids is 1. The minimum atomic E-state index is 0.141. The first-order valence-electron chi connectivity index (χ1n) is 8.67. The summed E-state index contributed by atoms with van der Waals surface area (Å²) in [7, 11) is 0. The zero-order valence-electron chi connectivity index (χ0n) is 13.8. The smallest absolute Gasteiger partial charge is 0.254 e. The van der Waals surface area contributed by atoms with E-state index in [0.717, 1.165) is 48.6 Å². The summed E-state index contributed by atoms with van der Waals surface area (Å²) in [6.07, 6.45) is 5.45. The summed E-state index contributed by atoms with van der Waals surface area (Å²) in [5.74, 6) is 1.94. The molecule has 1 N–H and O–H groups in total. The van der Waals surface area contributed by atoms with Gasteiger partial charge in [-0.25, -0.2) is 9.97 Å². The topological polar surface area (TPSA) is 65.1 Å². The fraction of sp³-hybridized carbons (Fsp3) is 0.316. The molecular formula is C19H19N5O. The van der Waals surface area contributed by atoms with Gasteiger partial charge in [-0.05, 0) is 24.3 Å². The summed E-state index contributed by atoms with van der Waals surface area (Å²) in [4.78, 5) is 29.1. The van der Waals surface area contributed by atoms with E-state index in [9.17, 15) is 4.79 Å². The first-order valence-corrected chi connectivity index (χ1v) is 8.67. The SMILES string of the molecule is O=C(c1cccc2[nH]ccc12)N1CC2CN(c3ncccn3)CC2C1. The summed E-state index contributed by atoms with van der Waals surface area (Å²) in [5, 5.41) is 1.00. The molecule has 2 atom stereocenters. The van der Waals surface area contributed by atoms with Crippen molar-refractivity contribution in [2.75, 3.05) is 31.1 Å². The molecule has 2 aliphatic heterocycles. The third-order valence-electron chi connectivity index (χ3n) is 5.43. The van der Waals surface area contributed by atoms with Crippen molar-refractivity contribution in [3.05, 3.63) is 54.5 Å². The molecule has 1 amide bonds. The fourth-order valence-electron chi connectivity index (χ4n) is 4.22. The van der Waals surface area contributed by atoms with Gasteiger partial charge >= 0.3 is 0 Å². The summed E-state index contributed by atoms with van der Waals surface area (Å²) < 4.78 is 0. The molecule has 2 aliphatic rings. The zero-order valence-corrected chi connectivity index (χ0v) is 13.8. The highest BCUT2D eigenvalue weighted by Gasteiger charge is 2.42. The number of nitrogens with one attached hydrogen (secondary N) is 1. The highest BCUT2D eigenvalue weighted by molar-refractivity contribution is 6.06. The molecule has 6 heteroatoms. The van der Waals surface area contributed by atoms with E-state index >= 15 is 0 Å². The molecule has 0 aliphatic carbocycles. The number of anilines is 1. The Balaban J connectivity index is 1.33. The summed E-state index contributed by atoms with van der Waals surface area (Å²) in [5.41, 5.74) is 1.81. The molecular weight excluding hydrogens is 314 g/mol. The average molecular weight is 333 g/mol. The molecule has 1 aromatic carbocycles. The van der Waals surface area contributed by atoms with Gasteiger partial charge in [-0.15, -0.1) is 0 Å². The summed E-state index contributed by atoms with van der Waals surface area (Å²) >= 11 is 0. The Morgan fingerprint density at radius 2 is 1.76 bits per heavy atom. The lowest BCUT2D eigenvalue weighted by molar-refractivity contribution is 0.0784. The van der Waals surface area contributed by atoms with Crippen LogP contribution in [0.15, 0.2) is 48.9 Å². The van der Waals surface area contributed by atoms with E-state index < -0.39 is 0 Å². The largest absolute Gasteiger partial charge is 0.361 e. The Hall–Kier alpha value is -2.89. The lowest BCUT2D eigenvalue weighted by Crippen LogP contribution is -2.33. The molecule has 2 saturated heterocycles. The van der Waals surface area contributed by atoms with Crippen LogP contribution in [0.4, 0.5) is 5.95 Å². The third kappa shape index (κ3) is 2.36. The van der Waals surface area contributed by atoms with Crippen molar-refractivity contribution in [3.63, 3.8) is 0 Å². The number of carbonyl (C=O) groups is 1. The van der Waals surface area contributed by atoms with Crippen LogP contribution in [-0.2, 0) is 0 Å². The van der Waals surface area contributed by atoms with Gasteiger partial charge in [0, 0.05) is 73.1 Å². The molecule has 2 fully saturated rings. The van der Waals surface area contributed by atoms with Crippen LogP contribution in [0.25, 0.3) is 10.9 Å². The van der Waals surface area contributed by atoms with E-state index in [1.165, 1.54) is 0 Å². The van der Waals surface area contributed by atoms with Gasteiger partial charge in [0.05, 0.1) is 0 Å². The highest BCUT2D eigenvalue weighted by Crippen LogP contribution is 2.33. The van der Waals surface area contributed by atoms with Crippen molar-refractivity contribution in [3.8, 4) is 0 Å². The lowest BCUT2D eigenvalue weighted by atomic mass is 10.0. The van der Waals surface area contributed by atoms with E-state index in [2.05, 4.69) is 19.9 Å². The molecule has 0 radical (unpaired) electrons. The number of H-pyrrole nitrogens is 1. The Morgan fingerprint density at radius 1 is 1.00 bits per heavy atom. The number of amides is 1. The van der Waals surface area contributed by atoms with E-state index in [-0.39, 0.29) is 5.91 Å². The van der Waals surface area contributed by atoms with Gasteiger partial charge in [0.25, 0.3) is 5.91 Å². The van der Waals surface area contributed by atoms with Crippen LogP contribution in [0.1, 0.15) is 10.4 Å². The van der Waals surface area contributed by atoms with Crippen LogP contribution in [0.5, 0.6) is 0 Å². The van der Waals surface area contributed by atoms with Crippen LogP contribution in [0, 0.1) is 11.8 Å². The first kappa shape index (κ1) is 14.5. The van der Waals surface area contributed by atoms with Crippen molar-refractivity contribution in [1.82, 2.24) is 19.9 Å². The maximum absolute atomic E-state index is 13.0. The van der Waals surface area contributed by atoms with Gasteiger partial charge in [-0.3, -0.25) is 4.79 Å². The molecule has 25 heavy (non-hydrogen) atoms. The van der Waals surface area contributed by atoms with Gasteiger partial charge in [-0.1, -0.05) is 6.07 Å². The Bertz CT molecular complexity index is 908. The molecule has 2 aromatic heterocycles. The molecule has 126 valence electrons. The zero-order chi connectivity index (χ0) is 16.8. The van der Waals surface area contributed by atoms with Crippen LogP contribution >= 0.6 is 0 Å². The van der Waals surface area contributed by atoms with Crippen LogP contribution in [0.3, 0.4) is 0 Å². The number of nitrogens with zero attached hydrogens (tertiary/aromatic N) is 4. The summed E-state index contributed by atoms with van der Waals surface area (Å²) in [6.45, 7) is 3.47. The molecule has 0 spiro atoms. The van der Waals surface area contributed by atoms with Gasteiger partial charge in [-0.2, -0.15) is 0 Å². The second kappa shape index (κ2) is 5.58. The van der Waals surface area contributed by atoms with E-state index in [1.807, 2.05) is 41.4 Å². The monoisotopic (exact) mass is 333 g/mol. The molecule has 5 rings (SSSR count). The fourth-order valence-corrected chi connectivity index (χ4v) is 4.22. The molecule has 0 bridgehead atoms. The number of hydrogen-bond donors (Lipinski definition) is 1. The molecule has 2 unspecified atom stereocenters. The second-order valence-electron chi connectivity index (χ2n) is 6.93. The van der Waals surface area contributed by atoms with Gasteiger partial charge in [0.15, 0.2) is 0 Å². The van der Waals surface area contributed by atoms with Crippen LogP contribution in [0.2, 0.25) is 0 Å². The van der Waals surface area contributed by atoms with Gasteiger partial charge < -0.3 is 14.8 Å². The maximum atomic E-state index is 13.0. The van der Waals surface area contributed by atoms with Crippen molar-refractivity contribution < 1.29 is 4.79 Å². The standard InChI is InChI=1S/C19H19N5O/c25-18(16-3-1-4-17-15(16)5-8-20-17)23-9-13-11-24(12-14(13)10-23)19-21-6-2-7-22-19/h1-8,13-14,20H,9-12H2. The van der Waals surface area contributed by atoms with E-state index in [0.29, 0.717) is 11.8 Å². The van der Waals surface area contributed by atoms with Gasteiger partial charge in [0.1, 0.15) is 0 Å². The normalized spacial score (nSPS) is 22.6. The number of hydrogen-bond acceptors (Lipinski definition) is 4. The highest BCUT2D eigenvalue weighted by atomic mass is 16.2. The quantitative estimate of drug-likeness (QED) is 0.780. The van der Waals surface area contributed by atoms with E-state index in [1.54, 1.807) is 12.4 Å². The number of aromatic amines is 1.